The van der Waals surface area contributed by atoms with E-state index in [2.05, 4.69) is 25.7 Å². The molecule has 0 spiro atoms. The molecule has 0 amide bonds. The van der Waals surface area contributed by atoms with Crippen molar-refractivity contribution in [3.05, 3.63) is 24.3 Å². The van der Waals surface area contributed by atoms with Gasteiger partial charge in [0, 0.05) is 12.0 Å². The Balaban J connectivity index is 2.33. The van der Waals surface area contributed by atoms with Gasteiger partial charge in [0.05, 0.1) is 0 Å². The molecule has 1 heteroatoms. The molecule has 0 aromatic rings. The van der Waals surface area contributed by atoms with Crippen LogP contribution in [0.15, 0.2) is 24.3 Å². The van der Waals surface area contributed by atoms with Gasteiger partial charge in [-0.05, 0) is 31.6 Å². The van der Waals surface area contributed by atoms with E-state index in [0.717, 1.165) is 6.42 Å². The summed E-state index contributed by atoms with van der Waals surface area (Å²) in [5.74, 6) is 1.14. The number of allylic oxidation sites excluding steroid dienone is 3. The molecule has 0 aromatic heterocycles. The van der Waals surface area contributed by atoms with E-state index in [1.54, 1.807) is 0 Å². The second kappa shape index (κ2) is 2.46. The summed E-state index contributed by atoms with van der Waals surface area (Å²) in [5, 5.41) is 9.23. The molecule has 1 saturated carbocycles. The molecule has 0 aromatic carbocycles. The molecule has 1 nitrogen and oxygen atoms in total. The SMILES string of the molecule is C=C(C)C12C=CC(CC1CO)C2. The van der Waals surface area contributed by atoms with E-state index in [-0.39, 0.29) is 5.41 Å². The minimum atomic E-state index is 0.152. The van der Waals surface area contributed by atoms with Gasteiger partial charge >= 0.3 is 0 Å². The third-order valence-electron chi connectivity index (χ3n) is 3.60. The maximum atomic E-state index is 9.23. The zero-order chi connectivity index (χ0) is 8.77. The van der Waals surface area contributed by atoms with Crippen LogP contribution in [0.2, 0.25) is 0 Å². The first-order valence-electron chi connectivity index (χ1n) is 4.65. The third-order valence-corrected chi connectivity index (χ3v) is 3.60. The van der Waals surface area contributed by atoms with Crippen LogP contribution >= 0.6 is 0 Å². The molecule has 2 bridgehead atoms. The van der Waals surface area contributed by atoms with Crippen molar-refractivity contribution in [3.8, 4) is 0 Å². The smallest absolute Gasteiger partial charge is 0.0470 e. The highest BCUT2D eigenvalue weighted by atomic mass is 16.3. The molecule has 0 saturated heterocycles. The molecular formula is C11H16O. The van der Waals surface area contributed by atoms with E-state index in [1.165, 1.54) is 12.0 Å². The van der Waals surface area contributed by atoms with Crippen LogP contribution < -0.4 is 0 Å². The lowest BCUT2D eigenvalue weighted by molar-refractivity contribution is 0.173. The zero-order valence-electron chi connectivity index (χ0n) is 7.59. The molecule has 66 valence electrons. The van der Waals surface area contributed by atoms with Crippen molar-refractivity contribution in [1.82, 2.24) is 0 Å². The van der Waals surface area contributed by atoms with Crippen molar-refractivity contribution in [2.75, 3.05) is 6.61 Å². The Bertz CT molecular complexity index is 241. The molecule has 0 radical (unpaired) electrons. The van der Waals surface area contributed by atoms with Gasteiger partial charge < -0.3 is 5.11 Å². The van der Waals surface area contributed by atoms with Crippen LogP contribution in [0.25, 0.3) is 0 Å². The van der Waals surface area contributed by atoms with Gasteiger partial charge in [0.25, 0.3) is 0 Å². The van der Waals surface area contributed by atoms with Gasteiger partial charge in [-0.15, -0.1) is 0 Å². The second-order valence-corrected chi connectivity index (χ2v) is 4.26. The number of hydrogen-bond donors (Lipinski definition) is 1. The van der Waals surface area contributed by atoms with E-state index < -0.39 is 0 Å². The van der Waals surface area contributed by atoms with E-state index in [1.807, 2.05) is 0 Å². The highest BCUT2D eigenvalue weighted by molar-refractivity contribution is 5.29. The lowest BCUT2D eigenvalue weighted by atomic mass is 9.74. The fourth-order valence-electron chi connectivity index (χ4n) is 2.82. The number of rotatable bonds is 2. The zero-order valence-corrected chi connectivity index (χ0v) is 7.59. The van der Waals surface area contributed by atoms with E-state index >= 15 is 0 Å². The average Bonchev–Trinajstić information content (AvgIpc) is 2.60. The number of aliphatic hydroxyl groups is 1. The van der Waals surface area contributed by atoms with Crippen LogP contribution in [0, 0.1) is 17.3 Å². The van der Waals surface area contributed by atoms with Gasteiger partial charge in [-0.2, -0.15) is 0 Å². The molecule has 2 aliphatic rings. The van der Waals surface area contributed by atoms with Crippen molar-refractivity contribution in [1.29, 1.82) is 0 Å². The van der Waals surface area contributed by atoms with E-state index in [0.29, 0.717) is 18.4 Å². The standard InChI is InChI=1S/C11H16O/c1-8(2)11-4-3-9(6-11)5-10(11)7-12/h3-4,9-10,12H,1,5-7H2,2H3. The minimum absolute atomic E-state index is 0.152. The summed E-state index contributed by atoms with van der Waals surface area (Å²) >= 11 is 0. The topological polar surface area (TPSA) is 20.2 Å². The van der Waals surface area contributed by atoms with Gasteiger partial charge in [-0.1, -0.05) is 24.3 Å². The maximum Gasteiger partial charge on any atom is 0.0470 e. The van der Waals surface area contributed by atoms with E-state index in [9.17, 15) is 5.11 Å². The first-order chi connectivity index (χ1) is 5.69. The van der Waals surface area contributed by atoms with Crippen molar-refractivity contribution in [3.63, 3.8) is 0 Å². The summed E-state index contributed by atoms with van der Waals surface area (Å²) in [5.41, 5.74) is 1.37. The largest absolute Gasteiger partial charge is 0.396 e. The molecule has 0 heterocycles. The molecule has 1 N–H and O–H groups in total. The summed E-state index contributed by atoms with van der Waals surface area (Å²) in [6, 6.07) is 0. The van der Waals surface area contributed by atoms with Crippen LogP contribution in [-0.2, 0) is 0 Å². The van der Waals surface area contributed by atoms with Crippen LogP contribution in [0.3, 0.4) is 0 Å². The Hall–Kier alpha value is -0.560. The summed E-state index contributed by atoms with van der Waals surface area (Å²) in [6.07, 6.45) is 6.90. The lowest BCUT2D eigenvalue weighted by Crippen LogP contribution is -2.26. The Morgan fingerprint density at radius 3 is 2.92 bits per heavy atom. The monoisotopic (exact) mass is 164 g/mol. The Morgan fingerprint density at radius 2 is 2.50 bits per heavy atom. The van der Waals surface area contributed by atoms with Gasteiger partial charge in [-0.3, -0.25) is 0 Å². The van der Waals surface area contributed by atoms with Crippen molar-refractivity contribution in [2.24, 2.45) is 17.3 Å². The van der Waals surface area contributed by atoms with Gasteiger partial charge in [-0.25, -0.2) is 0 Å². The van der Waals surface area contributed by atoms with Crippen molar-refractivity contribution < 1.29 is 5.11 Å². The third kappa shape index (κ3) is 0.831. The molecule has 3 unspecified atom stereocenters. The Kier molecular flexibility index (Phi) is 1.65. The number of fused-ring (bicyclic) bond motifs is 2. The van der Waals surface area contributed by atoms with Crippen LogP contribution in [0.4, 0.5) is 0 Å². The maximum absolute atomic E-state index is 9.23. The predicted molar refractivity (Wildman–Crippen MR) is 49.7 cm³/mol. The minimum Gasteiger partial charge on any atom is -0.396 e. The van der Waals surface area contributed by atoms with Crippen molar-refractivity contribution in [2.45, 2.75) is 19.8 Å². The van der Waals surface area contributed by atoms with Gasteiger partial charge in [0.2, 0.25) is 0 Å². The molecule has 3 atom stereocenters. The molecular weight excluding hydrogens is 148 g/mol. The molecule has 2 rings (SSSR count). The van der Waals surface area contributed by atoms with Crippen molar-refractivity contribution >= 4 is 0 Å². The number of aliphatic hydroxyl groups excluding tert-OH is 1. The second-order valence-electron chi connectivity index (χ2n) is 4.26. The van der Waals surface area contributed by atoms with E-state index in [4.69, 9.17) is 0 Å². The highest BCUT2D eigenvalue weighted by Gasteiger charge is 2.48. The Labute approximate surface area is 73.8 Å². The quantitative estimate of drug-likeness (QED) is 0.620. The molecule has 2 aliphatic carbocycles. The molecule has 0 aliphatic heterocycles. The first-order valence-corrected chi connectivity index (χ1v) is 4.65. The van der Waals surface area contributed by atoms with Gasteiger partial charge in [0.15, 0.2) is 0 Å². The molecule has 1 fully saturated rings. The lowest BCUT2D eigenvalue weighted by Gasteiger charge is -2.31. The summed E-state index contributed by atoms with van der Waals surface area (Å²) in [4.78, 5) is 0. The summed E-state index contributed by atoms with van der Waals surface area (Å²) in [7, 11) is 0. The first kappa shape index (κ1) is 8.06. The normalized spacial score (nSPS) is 43.8. The summed E-state index contributed by atoms with van der Waals surface area (Å²) in [6.45, 7) is 6.44. The fraction of sp³-hybridized carbons (Fsp3) is 0.636. The Morgan fingerprint density at radius 1 is 1.75 bits per heavy atom. The number of hydrogen-bond acceptors (Lipinski definition) is 1. The van der Waals surface area contributed by atoms with Crippen LogP contribution in [0.5, 0.6) is 0 Å². The summed E-state index contributed by atoms with van der Waals surface area (Å²) < 4.78 is 0. The highest BCUT2D eigenvalue weighted by Crippen LogP contribution is 2.56. The van der Waals surface area contributed by atoms with Gasteiger partial charge in [0.1, 0.15) is 0 Å². The average molecular weight is 164 g/mol. The molecule has 12 heavy (non-hydrogen) atoms. The van der Waals surface area contributed by atoms with Crippen LogP contribution in [-0.4, -0.2) is 11.7 Å². The predicted octanol–water partition coefficient (Wildman–Crippen LogP) is 2.14. The van der Waals surface area contributed by atoms with Crippen LogP contribution in [0.1, 0.15) is 19.8 Å². The fourth-order valence-corrected chi connectivity index (χ4v) is 2.82.